The fourth-order valence-electron chi connectivity index (χ4n) is 1.53. The van der Waals surface area contributed by atoms with Crippen molar-refractivity contribution in [3.05, 3.63) is 28.5 Å². The normalized spacial score (nSPS) is 17.2. The molecule has 0 atom stereocenters. The van der Waals surface area contributed by atoms with Crippen LogP contribution in [0.4, 0.5) is 0 Å². The lowest BCUT2D eigenvalue weighted by Gasteiger charge is -2.26. The second-order valence-electron chi connectivity index (χ2n) is 3.42. The van der Waals surface area contributed by atoms with Crippen molar-refractivity contribution in [3.8, 4) is 0 Å². The molecule has 4 heteroatoms. The van der Waals surface area contributed by atoms with Crippen LogP contribution in [0, 0.1) is 0 Å². The third-order valence-corrected chi connectivity index (χ3v) is 3.20. The quantitative estimate of drug-likeness (QED) is 0.762. The first-order valence-electron chi connectivity index (χ1n) is 5.07. The molecular formula is C11H14N2OS. The number of carbonyl (C=O) groups excluding carboxylic acids is 1. The summed E-state index contributed by atoms with van der Waals surface area (Å²) in [7, 11) is 0. The van der Waals surface area contributed by atoms with E-state index in [0.29, 0.717) is 0 Å². The summed E-state index contributed by atoms with van der Waals surface area (Å²) in [5.41, 5.74) is 0. The highest BCUT2D eigenvalue weighted by molar-refractivity contribution is 7.10. The Labute approximate surface area is 93.4 Å². The van der Waals surface area contributed by atoms with Crippen molar-refractivity contribution in [1.82, 2.24) is 10.2 Å². The minimum atomic E-state index is 0.116. The highest BCUT2D eigenvalue weighted by atomic mass is 32.1. The number of rotatable bonds is 2. The van der Waals surface area contributed by atoms with E-state index < -0.39 is 0 Å². The SMILES string of the molecule is O=C(C=Cc1cccs1)N1CCNCC1. The minimum absolute atomic E-state index is 0.116. The van der Waals surface area contributed by atoms with Crippen LogP contribution < -0.4 is 5.32 Å². The summed E-state index contributed by atoms with van der Waals surface area (Å²) in [5.74, 6) is 0.116. The maximum atomic E-state index is 11.7. The van der Waals surface area contributed by atoms with Crippen molar-refractivity contribution in [2.45, 2.75) is 0 Å². The lowest BCUT2D eigenvalue weighted by molar-refractivity contribution is -0.126. The minimum Gasteiger partial charge on any atom is -0.337 e. The first-order chi connectivity index (χ1) is 7.36. The molecule has 3 nitrogen and oxygen atoms in total. The summed E-state index contributed by atoms with van der Waals surface area (Å²) in [6.45, 7) is 3.43. The van der Waals surface area contributed by atoms with Crippen LogP contribution in [0.2, 0.25) is 0 Å². The number of nitrogens with one attached hydrogen (secondary N) is 1. The van der Waals surface area contributed by atoms with Gasteiger partial charge in [0.2, 0.25) is 5.91 Å². The highest BCUT2D eigenvalue weighted by Gasteiger charge is 2.12. The number of hydrogen-bond acceptors (Lipinski definition) is 3. The molecule has 0 aromatic carbocycles. The van der Waals surface area contributed by atoms with Gasteiger partial charge in [-0.05, 0) is 17.5 Å². The Morgan fingerprint density at radius 2 is 2.27 bits per heavy atom. The van der Waals surface area contributed by atoms with E-state index in [9.17, 15) is 4.79 Å². The number of carbonyl (C=O) groups is 1. The lowest BCUT2D eigenvalue weighted by Crippen LogP contribution is -2.45. The van der Waals surface area contributed by atoms with E-state index in [1.807, 2.05) is 28.5 Å². The van der Waals surface area contributed by atoms with Crippen molar-refractivity contribution in [1.29, 1.82) is 0 Å². The number of piperazine rings is 1. The van der Waals surface area contributed by atoms with Crippen molar-refractivity contribution in [3.63, 3.8) is 0 Å². The predicted octanol–water partition coefficient (Wildman–Crippen LogP) is 1.19. The van der Waals surface area contributed by atoms with Gasteiger partial charge in [0, 0.05) is 37.1 Å². The predicted molar refractivity (Wildman–Crippen MR) is 62.8 cm³/mol. The van der Waals surface area contributed by atoms with E-state index in [1.54, 1.807) is 17.4 Å². The van der Waals surface area contributed by atoms with E-state index in [1.165, 1.54) is 0 Å². The first kappa shape index (κ1) is 10.4. The molecule has 1 fully saturated rings. The van der Waals surface area contributed by atoms with Crippen LogP contribution in [0.3, 0.4) is 0 Å². The molecule has 1 aliphatic rings. The van der Waals surface area contributed by atoms with Crippen LogP contribution in [-0.2, 0) is 4.79 Å². The van der Waals surface area contributed by atoms with Gasteiger partial charge in [-0.2, -0.15) is 0 Å². The van der Waals surface area contributed by atoms with Gasteiger partial charge in [0.1, 0.15) is 0 Å². The molecular weight excluding hydrogens is 208 g/mol. The van der Waals surface area contributed by atoms with E-state index in [4.69, 9.17) is 0 Å². The van der Waals surface area contributed by atoms with Crippen molar-refractivity contribution in [2.24, 2.45) is 0 Å². The van der Waals surface area contributed by atoms with E-state index in [-0.39, 0.29) is 5.91 Å². The van der Waals surface area contributed by atoms with Crippen LogP contribution in [0.5, 0.6) is 0 Å². The molecule has 1 aromatic rings. The Kier molecular flexibility index (Phi) is 3.53. The first-order valence-corrected chi connectivity index (χ1v) is 5.95. The van der Waals surface area contributed by atoms with E-state index in [0.717, 1.165) is 31.1 Å². The molecule has 2 rings (SSSR count). The van der Waals surface area contributed by atoms with Crippen LogP contribution in [0.15, 0.2) is 23.6 Å². The summed E-state index contributed by atoms with van der Waals surface area (Å²) in [6, 6.07) is 3.99. The smallest absolute Gasteiger partial charge is 0.246 e. The molecule has 0 aliphatic carbocycles. The third-order valence-electron chi connectivity index (χ3n) is 2.36. The van der Waals surface area contributed by atoms with E-state index in [2.05, 4.69) is 5.32 Å². The molecule has 0 unspecified atom stereocenters. The molecule has 0 radical (unpaired) electrons. The topological polar surface area (TPSA) is 32.3 Å². The summed E-state index contributed by atoms with van der Waals surface area (Å²) in [5, 5.41) is 5.23. The van der Waals surface area contributed by atoms with E-state index >= 15 is 0 Å². The maximum absolute atomic E-state index is 11.7. The molecule has 15 heavy (non-hydrogen) atoms. The second kappa shape index (κ2) is 5.09. The molecule has 0 spiro atoms. The fraction of sp³-hybridized carbons (Fsp3) is 0.364. The molecule has 0 saturated carbocycles. The highest BCUT2D eigenvalue weighted by Crippen LogP contribution is 2.10. The number of nitrogens with zero attached hydrogens (tertiary/aromatic N) is 1. The zero-order chi connectivity index (χ0) is 10.5. The Balaban J connectivity index is 1.91. The Bertz CT molecular complexity index is 339. The van der Waals surface area contributed by atoms with Crippen LogP contribution >= 0.6 is 11.3 Å². The average molecular weight is 222 g/mol. The summed E-state index contributed by atoms with van der Waals surface area (Å²) in [4.78, 5) is 14.7. The molecule has 1 saturated heterocycles. The van der Waals surface area contributed by atoms with Gasteiger partial charge in [-0.1, -0.05) is 6.07 Å². The van der Waals surface area contributed by atoms with Gasteiger partial charge in [-0.25, -0.2) is 0 Å². The van der Waals surface area contributed by atoms with Crippen molar-refractivity contribution in [2.75, 3.05) is 26.2 Å². The van der Waals surface area contributed by atoms with Crippen LogP contribution in [-0.4, -0.2) is 37.0 Å². The third kappa shape index (κ3) is 2.91. The van der Waals surface area contributed by atoms with Crippen LogP contribution in [0.25, 0.3) is 6.08 Å². The monoisotopic (exact) mass is 222 g/mol. The summed E-state index contributed by atoms with van der Waals surface area (Å²) < 4.78 is 0. The molecule has 1 N–H and O–H groups in total. The number of thiophene rings is 1. The molecule has 2 heterocycles. The standard InChI is InChI=1S/C11H14N2OS/c14-11(13-7-5-12-6-8-13)4-3-10-2-1-9-15-10/h1-4,9,12H,5-8H2. The molecule has 1 aliphatic heterocycles. The van der Waals surface area contributed by atoms with Crippen molar-refractivity contribution >= 4 is 23.3 Å². The van der Waals surface area contributed by atoms with Gasteiger partial charge in [0.05, 0.1) is 0 Å². The molecule has 0 bridgehead atoms. The van der Waals surface area contributed by atoms with Gasteiger partial charge in [-0.15, -0.1) is 11.3 Å². The summed E-state index contributed by atoms with van der Waals surface area (Å²) >= 11 is 1.64. The zero-order valence-corrected chi connectivity index (χ0v) is 9.30. The van der Waals surface area contributed by atoms with Crippen LogP contribution in [0.1, 0.15) is 4.88 Å². The molecule has 1 amide bonds. The number of amides is 1. The van der Waals surface area contributed by atoms with Gasteiger partial charge in [0.25, 0.3) is 0 Å². The Morgan fingerprint density at radius 1 is 1.47 bits per heavy atom. The second-order valence-corrected chi connectivity index (χ2v) is 4.40. The Morgan fingerprint density at radius 3 is 2.93 bits per heavy atom. The van der Waals surface area contributed by atoms with Gasteiger partial charge in [0.15, 0.2) is 0 Å². The zero-order valence-electron chi connectivity index (χ0n) is 8.48. The van der Waals surface area contributed by atoms with Gasteiger partial charge < -0.3 is 10.2 Å². The average Bonchev–Trinajstić information content (AvgIpc) is 2.80. The Hall–Kier alpha value is -1.13. The fourth-order valence-corrected chi connectivity index (χ4v) is 2.15. The lowest BCUT2D eigenvalue weighted by atomic mass is 10.3. The molecule has 1 aromatic heterocycles. The van der Waals surface area contributed by atoms with Crippen molar-refractivity contribution < 1.29 is 4.79 Å². The summed E-state index contributed by atoms with van der Waals surface area (Å²) in [6.07, 6.45) is 3.55. The van der Waals surface area contributed by atoms with Gasteiger partial charge >= 0.3 is 0 Å². The van der Waals surface area contributed by atoms with Gasteiger partial charge in [-0.3, -0.25) is 4.79 Å². The number of hydrogen-bond donors (Lipinski definition) is 1. The largest absolute Gasteiger partial charge is 0.337 e. The maximum Gasteiger partial charge on any atom is 0.246 e. The molecule has 80 valence electrons.